The van der Waals surface area contributed by atoms with Crippen molar-refractivity contribution in [1.29, 1.82) is 0 Å². The summed E-state index contributed by atoms with van der Waals surface area (Å²) in [4.78, 5) is 10.0. The van der Waals surface area contributed by atoms with Gasteiger partial charge in [-0.1, -0.05) is 12.1 Å². The van der Waals surface area contributed by atoms with Crippen molar-refractivity contribution in [3.05, 3.63) is 51.2 Å². The first-order valence-electron chi connectivity index (χ1n) is 8.20. The lowest BCUT2D eigenvalue weighted by atomic mass is 10.1. The van der Waals surface area contributed by atoms with Gasteiger partial charge in [-0.05, 0) is 44.4 Å². The zero-order chi connectivity index (χ0) is 17.4. The molecular weight excluding hydrogens is 323 g/mol. The van der Waals surface area contributed by atoms with Crippen LogP contribution in [0.25, 0.3) is 0 Å². The summed E-state index contributed by atoms with van der Waals surface area (Å²) in [7, 11) is 1.76. The summed E-state index contributed by atoms with van der Waals surface area (Å²) in [6.07, 6.45) is 2.66. The third-order valence-electron chi connectivity index (χ3n) is 3.75. The Morgan fingerprint density at radius 2 is 2.00 bits per heavy atom. The highest BCUT2D eigenvalue weighted by atomic mass is 32.1. The Labute approximate surface area is 147 Å². The minimum Gasteiger partial charge on any atom is -0.356 e. The molecule has 0 amide bonds. The van der Waals surface area contributed by atoms with Gasteiger partial charge in [-0.15, -0.1) is 11.3 Å². The van der Waals surface area contributed by atoms with Crippen molar-refractivity contribution < 1.29 is 4.39 Å². The molecule has 4 nitrogen and oxygen atoms in total. The first-order chi connectivity index (χ1) is 11.6. The smallest absolute Gasteiger partial charge is 0.190 e. The molecule has 0 aliphatic rings. The van der Waals surface area contributed by atoms with Gasteiger partial charge in [0.2, 0.25) is 0 Å². The van der Waals surface area contributed by atoms with Crippen molar-refractivity contribution in [2.45, 2.75) is 33.1 Å². The summed E-state index contributed by atoms with van der Waals surface area (Å²) in [5.41, 5.74) is 2.14. The molecule has 2 N–H and O–H groups in total. The Kier molecular flexibility index (Phi) is 7.18. The first-order valence-corrected chi connectivity index (χ1v) is 9.02. The molecule has 0 unspecified atom stereocenters. The number of hydrogen-bond acceptors (Lipinski definition) is 3. The number of nitrogens with zero attached hydrogens (tertiary/aromatic N) is 2. The van der Waals surface area contributed by atoms with Crippen molar-refractivity contribution in [2.75, 3.05) is 20.1 Å². The molecule has 0 radical (unpaired) electrons. The van der Waals surface area contributed by atoms with Crippen LogP contribution in [0.3, 0.4) is 0 Å². The molecule has 0 aliphatic heterocycles. The predicted molar refractivity (Wildman–Crippen MR) is 99.4 cm³/mol. The summed E-state index contributed by atoms with van der Waals surface area (Å²) in [6.45, 7) is 5.74. The third-order valence-corrected chi connectivity index (χ3v) is 4.88. The summed E-state index contributed by atoms with van der Waals surface area (Å²) in [5, 5.41) is 7.74. The standard InChI is InChI=1S/C18H25FN4S/c1-13-14(2)24-17(23-13)9-11-22-18(20-3)21-10-5-7-15-6-4-8-16(19)12-15/h4,6,8,12H,5,7,9-11H2,1-3H3,(H2,20,21,22). The van der Waals surface area contributed by atoms with Crippen LogP contribution in [0, 0.1) is 19.7 Å². The average molecular weight is 348 g/mol. The average Bonchev–Trinajstić information content (AvgIpc) is 2.88. The number of benzene rings is 1. The van der Waals surface area contributed by atoms with Gasteiger partial charge in [-0.3, -0.25) is 4.99 Å². The molecule has 0 saturated carbocycles. The second kappa shape index (κ2) is 9.37. The molecule has 1 aromatic heterocycles. The quantitative estimate of drug-likeness (QED) is 0.459. The van der Waals surface area contributed by atoms with E-state index < -0.39 is 0 Å². The second-order valence-electron chi connectivity index (χ2n) is 5.66. The van der Waals surface area contributed by atoms with Crippen LogP contribution in [0.5, 0.6) is 0 Å². The normalized spacial score (nSPS) is 11.6. The maximum absolute atomic E-state index is 13.1. The Balaban J connectivity index is 1.65. The van der Waals surface area contributed by atoms with Crippen molar-refractivity contribution in [2.24, 2.45) is 4.99 Å². The maximum Gasteiger partial charge on any atom is 0.190 e. The number of thiazole rings is 1. The van der Waals surface area contributed by atoms with Gasteiger partial charge in [0.1, 0.15) is 5.82 Å². The third kappa shape index (κ3) is 5.92. The van der Waals surface area contributed by atoms with E-state index in [1.165, 1.54) is 10.9 Å². The topological polar surface area (TPSA) is 49.3 Å². The van der Waals surface area contributed by atoms with Crippen LogP contribution < -0.4 is 10.6 Å². The predicted octanol–water partition coefficient (Wildman–Crippen LogP) is 3.24. The van der Waals surface area contributed by atoms with Crippen LogP contribution in [0.4, 0.5) is 4.39 Å². The van der Waals surface area contributed by atoms with Crippen molar-refractivity contribution >= 4 is 17.3 Å². The van der Waals surface area contributed by atoms with Crippen LogP contribution >= 0.6 is 11.3 Å². The number of aryl methyl sites for hydroxylation is 3. The number of rotatable bonds is 7. The molecule has 2 aromatic rings. The van der Waals surface area contributed by atoms with Crippen LogP contribution in [0.1, 0.15) is 27.6 Å². The molecule has 0 bridgehead atoms. The van der Waals surface area contributed by atoms with E-state index in [2.05, 4.69) is 27.5 Å². The van der Waals surface area contributed by atoms with Gasteiger partial charge in [0.25, 0.3) is 0 Å². The van der Waals surface area contributed by atoms with Gasteiger partial charge < -0.3 is 10.6 Å². The summed E-state index contributed by atoms with van der Waals surface area (Å²) in [5.74, 6) is 0.616. The molecule has 130 valence electrons. The highest BCUT2D eigenvalue weighted by Crippen LogP contribution is 2.16. The zero-order valence-corrected chi connectivity index (χ0v) is 15.3. The minimum atomic E-state index is -0.175. The highest BCUT2D eigenvalue weighted by Gasteiger charge is 2.04. The Bertz CT molecular complexity index is 662. The van der Waals surface area contributed by atoms with E-state index in [9.17, 15) is 4.39 Å². The van der Waals surface area contributed by atoms with E-state index in [0.29, 0.717) is 0 Å². The molecule has 24 heavy (non-hydrogen) atoms. The molecule has 1 aromatic carbocycles. The molecule has 0 aliphatic carbocycles. The first kappa shape index (κ1) is 18.4. The fraction of sp³-hybridized carbons (Fsp3) is 0.444. The zero-order valence-electron chi connectivity index (χ0n) is 14.5. The van der Waals surface area contributed by atoms with Gasteiger partial charge >= 0.3 is 0 Å². The lowest BCUT2D eigenvalue weighted by Crippen LogP contribution is -2.38. The molecule has 1 heterocycles. The van der Waals surface area contributed by atoms with E-state index in [4.69, 9.17) is 0 Å². The maximum atomic E-state index is 13.1. The van der Waals surface area contributed by atoms with Gasteiger partial charge in [0.15, 0.2) is 5.96 Å². The van der Waals surface area contributed by atoms with Gasteiger partial charge in [0.05, 0.1) is 10.7 Å². The minimum absolute atomic E-state index is 0.175. The molecule has 0 spiro atoms. The lowest BCUT2D eigenvalue weighted by Gasteiger charge is -2.11. The molecule has 0 fully saturated rings. The number of hydrogen-bond donors (Lipinski definition) is 2. The SMILES string of the molecule is CN=C(NCCCc1cccc(F)c1)NCCc1nc(C)c(C)s1. The van der Waals surface area contributed by atoms with Crippen LogP contribution in [-0.4, -0.2) is 31.1 Å². The van der Waals surface area contributed by atoms with E-state index in [1.54, 1.807) is 30.5 Å². The second-order valence-corrected chi connectivity index (χ2v) is 6.95. The summed E-state index contributed by atoms with van der Waals surface area (Å²) >= 11 is 1.75. The van der Waals surface area contributed by atoms with Gasteiger partial charge in [-0.2, -0.15) is 0 Å². The highest BCUT2D eigenvalue weighted by molar-refractivity contribution is 7.11. The fourth-order valence-corrected chi connectivity index (χ4v) is 3.28. The number of nitrogens with one attached hydrogen (secondary N) is 2. The van der Waals surface area contributed by atoms with E-state index >= 15 is 0 Å². The number of halogens is 1. The lowest BCUT2D eigenvalue weighted by molar-refractivity contribution is 0.624. The number of aromatic nitrogens is 1. The van der Waals surface area contributed by atoms with Crippen LogP contribution in [0.2, 0.25) is 0 Å². The molecule has 0 atom stereocenters. The Hall–Kier alpha value is -1.95. The fourth-order valence-electron chi connectivity index (χ4n) is 2.35. The Morgan fingerprint density at radius 3 is 2.67 bits per heavy atom. The van der Waals surface area contributed by atoms with E-state index in [-0.39, 0.29) is 5.82 Å². The van der Waals surface area contributed by atoms with E-state index in [1.807, 2.05) is 13.0 Å². The van der Waals surface area contributed by atoms with Gasteiger partial charge in [0, 0.05) is 31.4 Å². The molecule has 2 rings (SSSR count). The summed E-state index contributed by atoms with van der Waals surface area (Å²) in [6, 6.07) is 6.76. The van der Waals surface area contributed by atoms with Crippen LogP contribution in [0.15, 0.2) is 29.3 Å². The summed E-state index contributed by atoms with van der Waals surface area (Å²) < 4.78 is 13.1. The van der Waals surface area contributed by atoms with Crippen molar-refractivity contribution in [3.8, 4) is 0 Å². The van der Waals surface area contributed by atoms with Crippen LogP contribution in [-0.2, 0) is 12.8 Å². The molecule has 6 heteroatoms. The molecule has 0 saturated heterocycles. The Morgan fingerprint density at radius 1 is 1.21 bits per heavy atom. The van der Waals surface area contributed by atoms with Crippen molar-refractivity contribution in [1.82, 2.24) is 15.6 Å². The number of aliphatic imine (C=N–C) groups is 1. The van der Waals surface area contributed by atoms with Crippen molar-refractivity contribution in [3.63, 3.8) is 0 Å². The van der Waals surface area contributed by atoms with Gasteiger partial charge in [-0.25, -0.2) is 9.37 Å². The molecular formula is C18H25FN4S. The number of guanidine groups is 1. The van der Waals surface area contributed by atoms with E-state index in [0.717, 1.165) is 54.6 Å². The largest absolute Gasteiger partial charge is 0.356 e. The monoisotopic (exact) mass is 348 g/mol.